The minimum atomic E-state index is -2.84. The summed E-state index contributed by atoms with van der Waals surface area (Å²) in [6.07, 6.45) is 1.07. The second kappa shape index (κ2) is 3.84. The molecule has 0 unspecified atom stereocenters. The average molecular weight is 234 g/mol. The molecule has 80 valence electrons. The molecular weight excluding hydrogens is 228 g/mol. The molecule has 0 radical (unpaired) electrons. The molecule has 0 saturated carbocycles. The van der Waals surface area contributed by atoms with Gasteiger partial charge in [-0.3, -0.25) is 4.79 Å². The fourth-order valence-corrected chi connectivity index (χ4v) is 2.16. The maximum absolute atomic E-state index is 11.7. The van der Waals surface area contributed by atoms with E-state index in [0.717, 1.165) is 6.08 Å². The van der Waals surface area contributed by atoms with Crippen molar-refractivity contribution in [3.05, 3.63) is 47.0 Å². The van der Waals surface area contributed by atoms with Crippen LogP contribution in [0.4, 0.5) is 0 Å². The van der Waals surface area contributed by atoms with E-state index in [0.29, 0.717) is 5.56 Å². The van der Waals surface area contributed by atoms with E-state index in [1.54, 1.807) is 18.2 Å². The Labute approximate surface area is 92.6 Å². The van der Waals surface area contributed by atoms with E-state index in [1.165, 1.54) is 6.07 Å². The number of hydrogen-bond donors (Lipinski definition) is 1. The smallest absolute Gasteiger partial charge is 0.361 e. The normalized spacial score (nSPS) is 14.4. The first-order valence-corrected chi connectivity index (χ1v) is 5.55. The third-order valence-corrected chi connectivity index (χ3v) is 3.02. The van der Waals surface area contributed by atoms with Gasteiger partial charge in [0.05, 0.1) is 11.0 Å². The lowest BCUT2D eigenvalue weighted by molar-refractivity contribution is -0.00437. The number of carbonyl (C=O) groups excluding carboxylic acids is 1. The lowest BCUT2D eigenvalue weighted by atomic mass is 9.95. The van der Waals surface area contributed by atoms with Gasteiger partial charge in [-0.2, -0.15) is 4.79 Å². The van der Waals surface area contributed by atoms with Crippen molar-refractivity contribution in [3.8, 4) is 0 Å². The molecule has 16 heavy (non-hydrogen) atoms. The first-order valence-electron chi connectivity index (χ1n) is 4.37. The van der Waals surface area contributed by atoms with Crippen LogP contribution >= 0.6 is 0 Å². The molecule has 0 saturated heterocycles. The van der Waals surface area contributed by atoms with Gasteiger partial charge >= 0.3 is 5.71 Å². The summed E-state index contributed by atoms with van der Waals surface area (Å²) in [5.41, 5.74) is 8.91. The van der Waals surface area contributed by atoms with Gasteiger partial charge in [0.1, 0.15) is 0 Å². The van der Waals surface area contributed by atoms with Crippen LogP contribution in [0.5, 0.6) is 0 Å². The van der Waals surface area contributed by atoms with Crippen LogP contribution in [0.15, 0.2) is 30.3 Å². The van der Waals surface area contributed by atoms with Gasteiger partial charge in [0.2, 0.25) is 0 Å². The van der Waals surface area contributed by atoms with Crippen LogP contribution in [0.2, 0.25) is 0 Å². The van der Waals surface area contributed by atoms with E-state index in [-0.39, 0.29) is 16.2 Å². The Kier molecular flexibility index (Phi) is 2.52. The van der Waals surface area contributed by atoms with Crippen molar-refractivity contribution in [3.63, 3.8) is 0 Å². The Morgan fingerprint density at radius 2 is 1.75 bits per heavy atom. The number of ketones is 1. The average Bonchev–Trinajstić information content (AvgIpc) is 2.29. The molecule has 6 heteroatoms. The van der Waals surface area contributed by atoms with Crippen molar-refractivity contribution in [1.82, 2.24) is 0 Å². The summed E-state index contributed by atoms with van der Waals surface area (Å²) in [7, 11) is -2.84. The molecular formula is C10H6N2O3S. The number of allylic oxidation sites excluding steroid dienone is 1. The molecule has 0 amide bonds. The van der Waals surface area contributed by atoms with Crippen LogP contribution in [0.25, 0.3) is 10.4 Å². The SMILES string of the molecule is [N-]=[N+]=C1C=C([SH](=O)=O)c2ccccc2C1=O. The van der Waals surface area contributed by atoms with E-state index >= 15 is 0 Å². The summed E-state index contributed by atoms with van der Waals surface area (Å²) in [4.78, 5) is 14.5. The van der Waals surface area contributed by atoms with Crippen LogP contribution in [0.3, 0.4) is 0 Å². The zero-order chi connectivity index (χ0) is 11.7. The molecule has 5 nitrogen and oxygen atoms in total. The van der Waals surface area contributed by atoms with Crippen molar-refractivity contribution in [1.29, 1.82) is 0 Å². The van der Waals surface area contributed by atoms with E-state index in [9.17, 15) is 13.2 Å². The molecule has 0 N–H and O–H groups in total. The van der Waals surface area contributed by atoms with Crippen LogP contribution in [-0.2, 0) is 10.7 Å². The second-order valence-electron chi connectivity index (χ2n) is 3.15. The second-order valence-corrected chi connectivity index (χ2v) is 4.14. The van der Waals surface area contributed by atoms with Gasteiger partial charge in [0, 0.05) is 11.1 Å². The van der Waals surface area contributed by atoms with Gasteiger partial charge in [-0.1, -0.05) is 24.3 Å². The van der Waals surface area contributed by atoms with Gasteiger partial charge in [0.15, 0.2) is 10.7 Å². The van der Waals surface area contributed by atoms with Gasteiger partial charge in [-0.05, 0) is 0 Å². The Balaban J connectivity index is 2.82. The molecule has 1 aromatic carbocycles. The maximum Gasteiger partial charge on any atom is 0.364 e. The molecule has 1 aliphatic carbocycles. The standard InChI is InChI=1S/C10H6N2O3S/c11-12-8-5-9(16(14)15)6-3-1-2-4-7(6)10(8)13/h1-5,16H. The van der Waals surface area contributed by atoms with E-state index < -0.39 is 16.5 Å². The highest BCUT2D eigenvalue weighted by atomic mass is 32.2. The summed E-state index contributed by atoms with van der Waals surface area (Å²) < 4.78 is 22.0. The molecule has 0 bridgehead atoms. The topological polar surface area (TPSA) is 87.6 Å². The summed E-state index contributed by atoms with van der Waals surface area (Å²) in [6, 6.07) is 6.29. The van der Waals surface area contributed by atoms with E-state index in [2.05, 4.69) is 4.79 Å². The van der Waals surface area contributed by atoms with Crippen molar-refractivity contribution < 1.29 is 18.0 Å². The summed E-state index contributed by atoms with van der Waals surface area (Å²) >= 11 is 0. The number of rotatable bonds is 1. The third-order valence-electron chi connectivity index (χ3n) is 2.26. The number of hydrogen-bond acceptors (Lipinski definition) is 3. The number of benzene rings is 1. The largest absolute Gasteiger partial charge is 0.364 e. The van der Waals surface area contributed by atoms with Crippen molar-refractivity contribution in [2.45, 2.75) is 0 Å². The molecule has 0 atom stereocenters. The Bertz CT molecular complexity index is 629. The van der Waals surface area contributed by atoms with Gasteiger partial charge in [-0.15, -0.1) is 0 Å². The predicted molar refractivity (Wildman–Crippen MR) is 57.7 cm³/mol. The Hall–Kier alpha value is -2.04. The number of thiol groups is 1. The first-order chi connectivity index (χ1) is 7.65. The fourth-order valence-electron chi connectivity index (χ4n) is 1.54. The van der Waals surface area contributed by atoms with Crippen molar-refractivity contribution >= 4 is 27.1 Å². The number of nitrogens with zero attached hydrogens (tertiary/aromatic N) is 2. The number of carbonyl (C=O) groups is 1. The summed E-state index contributed by atoms with van der Waals surface area (Å²) in [6.45, 7) is 0. The molecule has 0 heterocycles. The fraction of sp³-hybridized carbons (Fsp3) is 0. The molecule has 1 aromatic rings. The van der Waals surface area contributed by atoms with E-state index in [4.69, 9.17) is 5.53 Å². The maximum atomic E-state index is 11.7. The minimum absolute atomic E-state index is 0.0157. The zero-order valence-corrected chi connectivity index (χ0v) is 8.85. The lowest BCUT2D eigenvalue weighted by Crippen LogP contribution is -2.20. The molecule has 2 rings (SSSR count). The van der Waals surface area contributed by atoms with Crippen molar-refractivity contribution in [2.24, 2.45) is 0 Å². The predicted octanol–water partition coefficient (Wildman–Crippen LogP) is 0.506. The van der Waals surface area contributed by atoms with Crippen LogP contribution in [0, 0.1) is 0 Å². The highest BCUT2D eigenvalue weighted by molar-refractivity contribution is 7.83. The molecule has 0 fully saturated rings. The van der Waals surface area contributed by atoms with Crippen LogP contribution in [0.1, 0.15) is 15.9 Å². The number of Topliss-reactive ketones (excluding diaryl/α,β-unsaturated/α-hetero) is 1. The van der Waals surface area contributed by atoms with Crippen molar-refractivity contribution in [2.75, 3.05) is 0 Å². The molecule has 1 aliphatic rings. The minimum Gasteiger partial charge on any atom is -0.361 e. The quantitative estimate of drug-likeness (QED) is 0.436. The van der Waals surface area contributed by atoms with Gasteiger partial charge in [-0.25, -0.2) is 8.42 Å². The molecule has 0 aromatic heterocycles. The summed E-state index contributed by atoms with van der Waals surface area (Å²) in [5, 5.41) is 0. The van der Waals surface area contributed by atoms with Crippen LogP contribution in [-0.4, -0.2) is 24.7 Å². The third kappa shape index (κ3) is 1.50. The highest BCUT2D eigenvalue weighted by Gasteiger charge is 2.30. The van der Waals surface area contributed by atoms with Gasteiger partial charge in [0.25, 0.3) is 5.78 Å². The first kappa shape index (κ1) is 10.5. The molecule has 0 spiro atoms. The van der Waals surface area contributed by atoms with Gasteiger partial charge < -0.3 is 5.53 Å². The monoisotopic (exact) mass is 234 g/mol. The lowest BCUT2D eigenvalue weighted by Gasteiger charge is -2.09. The highest BCUT2D eigenvalue weighted by Crippen LogP contribution is 2.25. The molecule has 0 aliphatic heterocycles. The van der Waals surface area contributed by atoms with E-state index in [1.807, 2.05) is 0 Å². The Morgan fingerprint density at radius 3 is 2.31 bits per heavy atom. The summed E-state index contributed by atoms with van der Waals surface area (Å²) in [5.74, 6) is -0.487. The number of fused-ring (bicyclic) bond motifs is 1. The zero-order valence-electron chi connectivity index (χ0n) is 7.95. The van der Waals surface area contributed by atoms with Crippen LogP contribution < -0.4 is 0 Å². The Morgan fingerprint density at radius 1 is 1.12 bits per heavy atom.